The van der Waals surface area contributed by atoms with Crippen LogP contribution in [-0.4, -0.2) is 21.4 Å². The van der Waals surface area contributed by atoms with Crippen LogP contribution >= 0.6 is 11.6 Å². The van der Waals surface area contributed by atoms with E-state index in [1.54, 1.807) is 54.7 Å². The first-order valence-electron chi connectivity index (χ1n) is 9.83. The number of rotatable bonds is 5. The SMILES string of the molecule is CC(=O)Nc1cccc(NC(=O)c2cc3cccnc3n(Cc3ccc(Cl)cc3)c2=O)c1. The predicted octanol–water partition coefficient (Wildman–Crippen LogP) is 4.31. The molecule has 0 saturated heterocycles. The van der Waals surface area contributed by atoms with Crippen LogP contribution < -0.4 is 16.2 Å². The normalized spacial score (nSPS) is 10.7. The van der Waals surface area contributed by atoms with Gasteiger partial charge in [-0.15, -0.1) is 0 Å². The smallest absolute Gasteiger partial charge is 0.265 e. The number of hydrogen-bond donors (Lipinski definition) is 2. The van der Waals surface area contributed by atoms with Crippen molar-refractivity contribution in [2.45, 2.75) is 13.5 Å². The Morgan fingerprint density at radius 1 is 0.969 bits per heavy atom. The van der Waals surface area contributed by atoms with Crippen molar-refractivity contribution in [2.75, 3.05) is 10.6 Å². The molecule has 2 aromatic carbocycles. The summed E-state index contributed by atoms with van der Waals surface area (Å²) in [7, 11) is 0. The van der Waals surface area contributed by atoms with Gasteiger partial charge in [-0.05, 0) is 54.1 Å². The Balaban J connectivity index is 1.72. The largest absolute Gasteiger partial charge is 0.326 e. The van der Waals surface area contributed by atoms with Crippen LogP contribution in [-0.2, 0) is 11.3 Å². The van der Waals surface area contributed by atoms with E-state index in [9.17, 15) is 14.4 Å². The Labute approximate surface area is 188 Å². The molecule has 2 aromatic heterocycles. The molecule has 2 amide bonds. The molecule has 32 heavy (non-hydrogen) atoms. The standard InChI is InChI=1S/C24H19ClN4O3/c1-15(30)27-19-5-2-6-20(13-19)28-23(31)21-12-17-4-3-11-26-22(17)29(24(21)32)14-16-7-9-18(25)10-8-16/h2-13H,14H2,1H3,(H,27,30)(H,28,31). The van der Waals surface area contributed by atoms with Crippen LogP contribution in [0.1, 0.15) is 22.8 Å². The molecule has 2 heterocycles. The van der Waals surface area contributed by atoms with Gasteiger partial charge in [0.1, 0.15) is 11.2 Å². The Hall–Kier alpha value is -3.97. The fourth-order valence-corrected chi connectivity index (χ4v) is 3.49. The van der Waals surface area contributed by atoms with Gasteiger partial charge in [-0.1, -0.05) is 29.8 Å². The van der Waals surface area contributed by atoms with Crippen LogP contribution in [0.15, 0.2) is 77.7 Å². The fraction of sp³-hybridized carbons (Fsp3) is 0.0833. The van der Waals surface area contributed by atoms with E-state index in [1.165, 1.54) is 17.6 Å². The third kappa shape index (κ3) is 4.68. The number of nitrogens with zero attached hydrogens (tertiary/aromatic N) is 2. The van der Waals surface area contributed by atoms with Gasteiger partial charge >= 0.3 is 0 Å². The van der Waals surface area contributed by atoms with E-state index in [-0.39, 0.29) is 18.0 Å². The summed E-state index contributed by atoms with van der Waals surface area (Å²) in [6.45, 7) is 1.64. The highest BCUT2D eigenvalue weighted by atomic mass is 35.5. The fourth-order valence-electron chi connectivity index (χ4n) is 3.36. The number of amides is 2. The van der Waals surface area contributed by atoms with Gasteiger partial charge in [0.05, 0.1) is 6.54 Å². The van der Waals surface area contributed by atoms with E-state index in [0.717, 1.165) is 5.56 Å². The molecule has 0 bridgehead atoms. The number of carbonyl (C=O) groups is 2. The molecular weight excluding hydrogens is 428 g/mol. The Morgan fingerprint density at radius 3 is 2.41 bits per heavy atom. The summed E-state index contributed by atoms with van der Waals surface area (Å²) in [6, 6.07) is 18.9. The third-order valence-corrected chi connectivity index (χ3v) is 5.04. The predicted molar refractivity (Wildman–Crippen MR) is 125 cm³/mol. The summed E-state index contributed by atoms with van der Waals surface area (Å²) in [5.74, 6) is -0.772. The zero-order valence-corrected chi connectivity index (χ0v) is 17.9. The number of nitrogens with one attached hydrogen (secondary N) is 2. The lowest BCUT2D eigenvalue weighted by Crippen LogP contribution is -2.30. The number of halogens is 1. The zero-order chi connectivity index (χ0) is 22.7. The van der Waals surface area contributed by atoms with Crippen molar-refractivity contribution in [1.82, 2.24) is 9.55 Å². The number of fused-ring (bicyclic) bond motifs is 1. The molecule has 2 N–H and O–H groups in total. The van der Waals surface area contributed by atoms with Crippen LogP contribution in [0, 0.1) is 0 Å². The molecule has 0 fully saturated rings. The average molecular weight is 447 g/mol. The summed E-state index contributed by atoms with van der Waals surface area (Å²) in [4.78, 5) is 41.9. The minimum absolute atomic E-state index is 0.00982. The van der Waals surface area contributed by atoms with Gasteiger partial charge in [0, 0.05) is 34.9 Å². The van der Waals surface area contributed by atoms with Gasteiger partial charge in [0.2, 0.25) is 5.91 Å². The number of hydrogen-bond acceptors (Lipinski definition) is 4. The molecule has 4 rings (SSSR count). The number of anilines is 2. The van der Waals surface area contributed by atoms with Gasteiger partial charge in [-0.2, -0.15) is 0 Å². The van der Waals surface area contributed by atoms with Gasteiger partial charge in [0.15, 0.2) is 0 Å². The molecular formula is C24H19ClN4O3. The molecule has 4 aromatic rings. The second kappa shape index (κ2) is 9.03. The molecule has 0 unspecified atom stereocenters. The van der Waals surface area contributed by atoms with Crippen molar-refractivity contribution in [3.63, 3.8) is 0 Å². The van der Waals surface area contributed by atoms with Crippen LogP contribution in [0.4, 0.5) is 11.4 Å². The molecule has 0 spiro atoms. The number of benzene rings is 2. The quantitative estimate of drug-likeness (QED) is 0.477. The van der Waals surface area contributed by atoms with Crippen LogP contribution in [0.2, 0.25) is 5.02 Å². The van der Waals surface area contributed by atoms with E-state index >= 15 is 0 Å². The molecule has 0 atom stereocenters. The Morgan fingerprint density at radius 2 is 1.69 bits per heavy atom. The number of carbonyl (C=O) groups excluding carboxylic acids is 2. The monoisotopic (exact) mass is 446 g/mol. The Kier molecular flexibility index (Phi) is 6.00. The second-order valence-corrected chi connectivity index (χ2v) is 7.64. The molecule has 0 saturated carbocycles. The second-order valence-electron chi connectivity index (χ2n) is 7.21. The van der Waals surface area contributed by atoms with E-state index in [1.807, 2.05) is 12.1 Å². The third-order valence-electron chi connectivity index (χ3n) is 4.79. The molecule has 0 radical (unpaired) electrons. The molecule has 7 nitrogen and oxygen atoms in total. The summed E-state index contributed by atoms with van der Waals surface area (Å²) in [6.07, 6.45) is 1.60. The van der Waals surface area contributed by atoms with Gasteiger partial charge < -0.3 is 10.6 Å². The van der Waals surface area contributed by atoms with E-state index in [4.69, 9.17) is 11.6 Å². The van der Waals surface area contributed by atoms with Crippen molar-refractivity contribution >= 4 is 45.8 Å². The average Bonchev–Trinajstić information content (AvgIpc) is 2.76. The van der Waals surface area contributed by atoms with Crippen LogP contribution in [0.5, 0.6) is 0 Å². The van der Waals surface area contributed by atoms with Gasteiger partial charge in [-0.25, -0.2) is 4.98 Å². The molecule has 0 aliphatic heterocycles. The first kappa shape index (κ1) is 21.3. The lowest BCUT2D eigenvalue weighted by atomic mass is 10.1. The summed E-state index contributed by atoms with van der Waals surface area (Å²) in [5, 5.41) is 6.66. The number of pyridine rings is 2. The summed E-state index contributed by atoms with van der Waals surface area (Å²) >= 11 is 5.97. The van der Waals surface area contributed by atoms with E-state index in [0.29, 0.717) is 27.4 Å². The van der Waals surface area contributed by atoms with E-state index in [2.05, 4.69) is 15.6 Å². The highest BCUT2D eigenvalue weighted by molar-refractivity contribution is 6.30. The minimum atomic E-state index is -0.550. The highest BCUT2D eigenvalue weighted by Crippen LogP contribution is 2.18. The molecule has 0 aliphatic rings. The molecule has 8 heteroatoms. The van der Waals surface area contributed by atoms with Gasteiger partial charge in [0.25, 0.3) is 11.5 Å². The maximum absolute atomic E-state index is 13.3. The maximum Gasteiger partial charge on any atom is 0.265 e. The summed E-state index contributed by atoms with van der Waals surface area (Å²) < 4.78 is 1.47. The van der Waals surface area contributed by atoms with Crippen molar-refractivity contribution in [3.8, 4) is 0 Å². The topological polar surface area (TPSA) is 93.1 Å². The minimum Gasteiger partial charge on any atom is -0.326 e. The van der Waals surface area contributed by atoms with Crippen molar-refractivity contribution in [3.05, 3.63) is 99.4 Å². The van der Waals surface area contributed by atoms with E-state index < -0.39 is 11.5 Å². The lowest BCUT2D eigenvalue weighted by Gasteiger charge is -2.13. The van der Waals surface area contributed by atoms with Gasteiger partial charge in [-0.3, -0.25) is 19.0 Å². The Bertz CT molecular complexity index is 1380. The van der Waals surface area contributed by atoms with Crippen LogP contribution in [0.25, 0.3) is 11.0 Å². The van der Waals surface area contributed by atoms with Crippen LogP contribution in [0.3, 0.4) is 0 Å². The van der Waals surface area contributed by atoms with Crippen molar-refractivity contribution < 1.29 is 9.59 Å². The highest BCUT2D eigenvalue weighted by Gasteiger charge is 2.17. The van der Waals surface area contributed by atoms with Crippen molar-refractivity contribution in [2.24, 2.45) is 0 Å². The molecule has 160 valence electrons. The zero-order valence-electron chi connectivity index (χ0n) is 17.1. The maximum atomic E-state index is 13.3. The lowest BCUT2D eigenvalue weighted by molar-refractivity contribution is -0.114. The van der Waals surface area contributed by atoms with Crippen molar-refractivity contribution in [1.29, 1.82) is 0 Å². The molecule has 0 aliphatic carbocycles. The summed E-state index contributed by atoms with van der Waals surface area (Å²) in [5.41, 5.74) is 1.86. The first-order valence-corrected chi connectivity index (χ1v) is 10.2. The first-order chi connectivity index (χ1) is 15.4. The number of aromatic nitrogens is 2.